The number of benzene rings is 2. The van der Waals surface area contributed by atoms with Crippen molar-refractivity contribution in [2.24, 2.45) is 0 Å². The predicted molar refractivity (Wildman–Crippen MR) is 159 cm³/mol. The van der Waals surface area contributed by atoms with Crippen LogP contribution in [0.3, 0.4) is 0 Å². The number of hydrogen-bond acceptors (Lipinski definition) is 4. The first-order valence-corrected chi connectivity index (χ1v) is 14.2. The van der Waals surface area contributed by atoms with Crippen molar-refractivity contribution in [3.05, 3.63) is 83.1 Å². The van der Waals surface area contributed by atoms with E-state index >= 15 is 0 Å². The van der Waals surface area contributed by atoms with E-state index in [0.717, 1.165) is 11.3 Å². The summed E-state index contributed by atoms with van der Waals surface area (Å²) >= 11 is 0. The van der Waals surface area contributed by atoms with Crippen LogP contribution in [-0.4, -0.2) is 70.1 Å². The second-order valence-electron chi connectivity index (χ2n) is 11.5. The number of carbonyl (C=O) groups excluding carboxylic acids is 2. The van der Waals surface area contributed by atoms with Crippen LogP contribution in [0.25, 0.3) is 27.9 Å². The number of aromatic amines is 1. The first kappa shape index (κ1) is 29.3. The number of hydrogen-bond donors (Lipinski definition) is 2. The van der Waals surface area contributed by atoms with Crippen molar-refractivity contribution in [1.82, 2.24) is 24.8 Å². The number of fused-ring (bicyclic) bond motifs is 1. The summed E-state index contributed by atoms with van der Waals surface area (Å²) in [5.74, 6) is -1.17. The zero-order valence-electron chi connectivity index (χ0n) is 24.3. The molecule has 3 heterocycles. The standard InChI is InChI=1S/C32H30F4N6O2/c1-18-23(27-24-16-26(39-28(24)38-17-37-27)19-8-12-42(13-9-19)30(44)41(2)3)14-22(33)15-25(18)40-29(43)20-4-6-21(7-5-20)31(10-11-31)32(34,35)36/h4-8,14-17H,9-13H2,1-3H3,(H,40,43)(H,37,38,39). The van der Waals surface area contributed by atoms with Crippen molar-refractivity contribution in [2.45, 2.75) is 37.8 Å². The highest BCUT2D eigenvalue weighted by Crippen LogP contribution is 2.58. The van der Waals surface area contributed by atoms with E-state index in [-0.39, 0.29) is 35.7 Å². The fourth-order valence-corrected chi connectivity index (χ4v) is 5.75. The smallest absolute Gasteiger partial charge is 0.339 e. The van der Waals surface area contributed by atoms with Gasteiger partial charge < -0.3 is 20.1 Å². The van der Waals surface area contributed by atoms with E-state index in [1.807, 2.05) is 12.1 Å². The summed E-state index contributed by atoms with van der Waals surface area (Å²) in [5.41, 5.74) is 2.55. The molecule has 0 unspecified atom stereocenters. The van der Waals surface area contributed by atoms with Gasteiger partial charge in [-0.15, -0.1) is 0 Å². The lowest BCUT2D eigenvalue weighted by molar-refractivity contribution is -0.160. The molecule has 228 valence electrons. The summed E-state index contributed by atoms with van der Waals surface area (Å²) in [6.07, 6.45) is -0.283. The lowest BCUT2D eigenvalue weighted by Gasteiger charge is -2.28. The Bertz CT molecular complexity index is 1810. The van der Waals surface area contributed by atoms with Crippen molar-refractivity contribution < 1.29 is 27.2 Å². The maximum absolute atomic E-state index is 14.9. The second-order valence-corrected chi connectivity index (χ2v) is 11.5. The van der Waals surface area contributed by atoms with Crippen LogP contribution in [0.4, 0.5) is 28.0 Å². The Morgan fingerprint density at radius 1 is 1.07 bits per heavy atom. The molecule has 2 aromatic carbocycles. The molecule has 2 aliphatic rings. The van der Waals surface area contributed by atoms with Crippen LogP contribution in [0, 0.1) is 12.7 Å². The van der Waals surface area contributed by atoms with E-state index in [1.165, 1.54) is 42.7 Å². The minimum absolute atomic E-state index is 0.0280. The van der Waals surface area contributed by atoms with Gasteiger partial charge in [0, 0.05) is 55.1 Å². The third-order valence-electron chi connectivity index (χ3n) is 8.50. The Morgan fingerprint density at radius 2 is 1.80 bits per heavy atom. The molecule has 0 atom stereocenters. The summed E-state index contributed by atoms with van der Waals surface area (Å²) < 4.78 is 55.5. The number of nitrogens with one attached hydrogen (secondary N) is 2. The molecule has 2 aromatic heterocycles. The Morgan fingerprint density at radius 3 is 2.41 bits per heavy atom. The quantitative estimate of drug-likeness (QED) is 0.248. The van der Waals surface area contributed by atoms with Crippen LogP contribution >= 0.6 is 0 Å². The van der Waals surface area contributed by atoms with Gasteiger partial charge in [-0.25, -0.2) is 19.2 Å². The lowest BCUT2D eigenvalue weighted by atomic mass is 9.94. The van der Waals surface area contributed by atoms with Crippen molar-refractivity contribution in [3.8, 4) is 11.3 Å². The topological polar surface area (TPSA) is 94.2 Å². The van der Waals surface area contributed by atoms with Gasteiger partial charge in [-0.2, -0.15) is 13.2 Å². The van der Waals surface area contributed by atoms with Gasteiger partial charge in [0.15, 0.2) is 0 Å². The van der Waals surface area contributed by atoms with E-state index in [4.69, 9.17) is 0 Å². The molecule has 0 radical (unpaired) electrons. The average molecular weight is 607 g/mol. The van der Waals surface area contributed by atoms with E-state index < -0.39 is 23.3 Å². The zero-order chi connectivity index (χ0) is 31.4. The third-order valence-corrected chi connectivity index (χ3v) is 8.50. The molecule has 0 spiro atoms. The van der Waals surface area contributed by atoms with Gasteiger partial charge in [-0.05, 0) is 73.2 Å². The highest BCUT2D eigenvalue weighted by atomic mass is 19.4. The predicted octanol–water partition coefficient (Wildman–Crippen LogP) is 6.69. The number of urea groups is 1. The van der Waals surface area contributed by atoms with Gasteiger partial charge in [0.2, 0.25) is 0 Å². The van der Waals surface area contributed by atoms with Crippen LogP contribution in [0.15, 0.2) is 54.9 Å². The van der Waals surface area contributed by atoms with Crippen LogP contribution < -0.4 is 5.32 Å². The number of halogens is 4. The highest BCUT2D eigenvalue weighted by Gasteiger charge is 2.64. The van der Waals surface area contributed by atoms with Gasteiger partial charge in [0.1, 0.15) is 17.8 Å². The van der Waals surface area contributed by atoms with Gasteiger partial charge >= 0.3 is 12.2 Å². The molecule has 4 aromatic rings. The molecular formula is C32H30F4N6O2. The maximum Gasteiger partial charge on any atom is 0.398 e. The van der Waals surface area contributed by atoms with Crippen LogP contribution in [0.5, 0.6) is 0 Å². The number of H-pyrrole nitrogens is 1. The Hall–Kier alpha value is -4.74. The molecule has 12 heteroatoms. The largest absolute Gasteiger partial charge is 0.398 e. The van der Waals surface area contributed by atoms with Crippen molar-refractivity contribution in [1.29, 1.82) is 0 Å². The summed E-state index contributed by atoms with van der Waals surface area (Å²) in [5, 5.41) is 3.37. The minimum atomic E-state index is -4.35. The van der Waals surface area contributed by atoms with E-state index in [0.29, 0.717) is 47.4 Å². The van der Waals surface area contributed by atoms with E-state index in [1.54, 1.807) is 30.8 Å². The van der Waals surface area contributed by atoms with E-state index in [9.17, 15) is 27.2 Å². The van der Waals surface area contributed by atoms with E-state index in [2.05, 4.69) is 20.3 Å². The fourth-order valence-electron chi connectivity index (χ4n) is 5.75. The highest BCUT2D eigenvalue weighted by molar-refractivity contribution is 6.05. The van der Waals surface area contributed by atoms with Crippen LogP contribution in [0.2, 0.25) is 0 Å². The summed E-state index contributed by atoms with van der Waals surface area (Å²) in [7, 11) is 3.43. The molecule has 0 saturated heterocycles. The Balaban J connectivity index is 1.26. The monoisotopic (exact) mass is 606 g/mol. The first-order valence-electron chi connectivity index (χ1n) is 14.2. The Labute approximate surface area is 250 Å². The van der Waals surface area contributed by atoms with Crippen LogP contribution in [0.1, 0.15) is 46.4 Å². The summed E-state index contributed by atoms with van der Waals surface area (Å²) in [6, 6.07) is 9.76. The molecule has 1 saturated carbocycles. The molecule has 44 heavy (non-hydrogen) atoms. The normalized spacial score (nSPS) is 16.1. The van der Waals surface area contributed by atoms with Gasteiger partial charge in [0.25, 0.3) is 5.91 Å². The molecule has 1 fully saturated rings. The molecule has 1 aliphatic heterocycles. The van der Waals surface area contributed by atoms with Crippen LogP contribution in [-0.2, 0) is 5.41 Å². The minimum Gasteiger partial charge on any atom is -0.339 e. The summed E-state index contributed by atoms with van der Waals surface area (Å²) in [4.78, 5) is 40.8. The number of anilines is 1. The number of carbonyl (C=O) groups is 2. The summed E-state index contributed by atoms with van der Waals surface area (Å²) in [6.45, 7) is 2.77. The second kappa shape index (κ2) is 10.8. The lowest BCUT2D eigenvalue weighted by Crippen LogP contribution is -2.41. The molecular weight excluding hydrogens is 576 g/mol. The molecule has 0 bridgehead atoms. The molecule has 3 amide bonds. The SMILES string of the molecule is Cc1c(NC(=O)c2ccc(C3(C(F)(F)F)CC3)cc2)cc(F)cc1-c1ncnc2[nH]c(C3=CCN(C(=O)N(C)C)CC3)cc12. The molecule has 8 nitrogen and oxygen atoms in total. The van der Waals surface area contributed by atoms with Gasteiger partial charge in [0.05, 0.1) is 11.1 Å². The van der Waals surface area contributed by atoms with Crippen molar-refractivity contribution in [2.75, 3.05) is 32.5 Å². The van der Waals surface area contributed by atoms with Crippen molar-refractivity contribution in [3.63, 3.8) is 0 Å². The maximum atomic E-state index is 14.9. The number of alkyl halides is 3. The first-order chi connectivity index (χ1) is 20.9. The number of amides is 3. The zero-order valence-corrected chi connectivity index (χ0v) is 24.3. The number of aromatic nitrogens is 3. The average Bonchev–Trinajstić information content (AvgIpc) is 3.71. The van der Waals surface area contributed by atoms with Crippen molar-refractivity contribution >= 4 is 34.2 Å². The number of rotatable bonds is 5. The fraction of sp³-hybridized carbons (Fsp3) is 0.312. The van der Waals surface area contributed by atoms with Gasteiger partial charge in [-0.1, -0.05) is 18.2 Å². The van der Waals surface area contributed by atoms with Gasteiger partial charge in [-0.3, -0.25) is 4.79 Å². The number of nitrogens with zero attached hydrogens (tertiary/aromatic N) is 4. The molecule has 1 aliphatic carbocycles. The molecule has 2 N–H and O–H groups in total. The third kappa shape index (κ3) is 5.18. The Kier molecular flexibility index (Phi) is 7.17. The molecule has 6 rings (SSSR count).